The Balaban J connectivity index is 2.62. The third-order valence-electron chi connectivity index (χ3n) is 2.79. The van der Waals surface area contributed by atoms with E-state index in [0.29, 0.717) is 5.56 Å². The van der Waals surface area contributed by atoms with E-state index in [4.69, 9.17) is 0 Å². The molecule has 0 unspecified atom stereocenters. The molecule has 1 aromatic carbocycles. The highest BCUT2D eigenvalue weighted by molar-refractivity contribution is 6.02. The van der Waals surface area contributed by atoms with Crippen molar-refractivity contribution < 1.29 is 18.0 Å². The molecule has 1 aromatic rings. The lowest BCUT2D eigenvalue weighted by molar-refractivity contribution is -0.137. The van der Waals surface area contributed by atoms with E-state index in [2.05, 4.69) is 0 Å². The average molecular weight is 243 g/mol. The van der Waals surface area contributed by atoms with Gasteiger partial charge in [0.2, 0.25) is 5.91 Å². The quantitative estimate of drug-likeness (QED) is 0.742. The molecule has 0 saturated heterocycles. The highest BCUT2D eigenvalue weighted by atomic mass is 19.4. The monoisotopic (exact) mass is 243 g/mol. The van der Waals surface area contributed by atoms with Gasteiger partial charge in [-0.05, 0) is 25.5 Å². The fraction of sp³-hybridized carbons (Fsp3) is 0.417. The lowest BCUT2D eigenvalue weighted by atomic mass is 10.1. The molecule has 17 heavy (non-hydrogen) atoms. The Kier molecular flexibility index (Phi) is 2.64. The van der Waals surface area contributed by atoms with Crippen LogP contribution < -0.4 is 4.90 Å². The minimum absolute atomic E-state index is 0.0278. The molecule has 2 rings (SSSR count). The van der Waals surface area contributed by atoms with Crippen LogP contribution in [-0.2, 0) is 17.4 Å². The van der Waals surface area contributed by atoms with Crippen molar-refractivity contribution in [3.05, 3.63) is 29.3 Å². The summed E-state index contributed by atoms with van der Waals surface area (Å²) in [4.78, 5) is 12.9. The van der Waals surface area contributed by atoms with Crippen molar-refractivity contribution in [2.24, 2.45) is 0 Å². The van der Waals surface area contributed by atoms with Gasteiger partial charge in [0.05, 0.1) is 17.7 Å². The van der Waals surface area contributed by atoms with Crippen molar-refractivity contribution in [1.29, 1.82) is 0 Å². The van der Waals surface area contributed by atoms with Crippen LogP contribution in [0, 0.1) is 0 Å². The van der Waals surface area contributed by atoms with Crippen LogP contribution in [0.25, 0.3) is 0 Å². The fourth-order valence-corrected chi connectivity index (χ4v) is 2.17. The number of hydrogen-bond donors (Lipinski definition) is 0. The number of amides is 1. The van der Waals surface area contributed by atoms with Crippen LogP contribution in [0.1, 0.15) is 25.0 Å². The minimum atomic E-state index is -4.43. The third-order valence-corrected chi connectivity index (χ3v) is 2.79. The largest absolute Gasteiger partial charge is 0.418 e. The average Bonchev–Trinajstić information content (AvgIpc) is 2.51. The number of para-hydroxylation sites is 1. The Morgan fingerprint density at radius 2 is 1.94 bits per heavy atom. The van der Waals surface area contributed by atoms with Gasteiger partial charge in [0.15, 0.2) is 0 Å². The van der Waals surface area contributed by atoms with E-state index in [1.54, 1.807) is 19.9 Å². The molecule has 1 amide bonds. The van der Waals surface area contributed by atoms with Crippen molar-refractivity contribution >= 4 is 11.6 Å². The van der Waals surface area contributed by atoms with Gasteiger partial charge in [-0.15, -0.1) is 0 Å². The Hall–Kier alpha value is -1.52. The van der Waals surface area contributed by atoms with Gasteiger partial charge in [-0.25, -0.2) is 0 Å². The molecule has 0 bridgehead atoms. The van der Waals surface area contributed by atoms with Gasteiger partial charge in [-0.1, -0.05) is 12.1 Å². The lowest BCUT2D eigenvalue weighted by Gasteiger charge is -2.25. The number of anilines is 1. The van der Waals surface area contributed by atoms with Gasteiger partial charge < -0.3 is 4.90 Å². The molecule has 0 spiro atoms. The number of carbonyl (C=O) groups excluding carboxylic acids is 1. The molecule has 1 aliphatic rings. The van der Waals surface area contributed by atoms with Crippen molar-refractivity contribution in [3.8, 4) is 0 Å². The second kappa shape index (κ2) is 3.75. The summed E-state index contributed by atoms with van der Waals surface area (Å²) in [5.41, 5.74) is -0.243. The number of halogens is 3. The standard InChI is InChI=1S/C12H12F3NO/c1-7(2)16-10(17)6-8-4-3-5-9(11(8)16)12(13,14)15/h3-5,7H,6H2,1-2H3. The minimum Gasteiger partial charge on any atom is -0.309 e. The zero-order valence-electron chi connectivity index (χ0n) is 9.51. The molecule has 0 atom stereocenters. The zero-order chi connectivity index (χ0) is 12.8. The second-order valence-corrected chi connectivity index (χ2v) is 4.35. The topological polar surface area (TPSA) is 20.3 Å². The van der Waals surface area contributed by atoms with Gasteiger partial charge in [-0.2, -0.15) is 13.2 Å². The van der Waals surface area contributed by atoms with Crippen molar-refractivity contribution in [1.82, 2.24) is 0 Å². The number of carbonyl (C=O) groups is 1. The van der Waals surface area contributed by atoms with Crippen LogP contribution >= 0.6 is 0 Å². The summed E-state index contributed by atoms with van der Waals surface area (Å²) in [6.07, 6.45) is -4.37. The molecule has 0 fully saturated rings. The molecule has 0 aliphatic carbocycles. The predicted molar refractivity (Wildman–Crippen MR) is 57.8 cm³/mol. The summed E-state index contributed by atoms with van der Waals surface area (Å²) in [7, 11) is 0. The lowest BCUT2D eigenvalue weighted by Crippen LogP contribution is -2.34. The maximum absolute atomic E-state index is 12.9. The number of rotatable bonds is 1. The van der Waals surface area contributed by atoms with Crippen LogP contribution in [0.4, 0.5) is 18.9 Å². The third kappa shape index (κ3) is 1.90. The molecule has 2 nitrogen and oxygen atoms in total. The van der Waals surface area contributed by atoms with E-state index in [0.717, 1.165) is 6.07 Å². The van der Waals surface area contributed by atoms with Crippen molar-refractivity contribution in [2.45, 2.75) is 32.5 Å². The Morgan fingerprint density at radius 1 is 1.29 bits per heavy atom. The van der Waals surface area contributed by atoms with Crippen LogP contribution in [0.2, 0.25) is 0 Å². The summed E-state index contributed by atoms with van der Waals surface area (Å²) in [6, 6.07) is 3.67. The van der Waals surface area contributed by atoms with E-state index < -0.39 is 11.7 Å². The first-order chi connectivity index (χ1) is 7.82. The number of benzene rings is 1. The van der Waals surface area contributed by atoms with Crippen LogP contribution in [0.5, 0.6) is 0 Å². The van der Waals surface area contributed by atoms with E-state index >= 15 is 0 Å². The molecule has 1 heterocycles. The van der Waals surface area contributed by atoms with Crippen molar-refractivity contribution in [3.63, 3.8) is 0 Å². The van der Waals surface area contributed by atoms with Gasteiger partial charge in [-0.3, -0.25) is 4.79 Å². The van der Waals surface area contributed by atoms with Crippen LogP contribution in [0.15, 0.2) is 18.2 Å². The molecule has 0 radical (unpaired) electrons. The number of nitrogens with zero attached hydrogens (tertiary/aromatic N) is 1. The first kappa shape index (κ1) is 12.0. The SMILES string of the molecule is CC(C)N1C(=O)Cc2cccc(C(F)(F)F)c21. The summed E-state index contributed by atoms with van der Waals surface area (Å²) in [5.74, 6) is -0.272. The molecule has 92 valence electrons. The highest BCUT2D eigenvalue weighted by Gasteiger charge is 2.40. The first-order valence-electron chi connectivity index (χ1n) is 5.33. The molecule has 5 heteroatoms. The molecular weight excluding hydrogens is 231 g/mol. The van der Waals surface area contributed by atoms with E-state index in [9.17, 15) is 18.0 Å². The number of hydrogen-bond acceptors (Lipinski definition) is 1. The van der Waals surface area contributed by atoms with E-state index in [-0.39, 0.29) is 24.1 Å². The molecular formula is C12H12F3NO. The summed E-state index contributed by atoms with van der Waals surface area (Å²) in [6.45, 7) is 3.42. The fourth-order valence-electron chi connectivity index (χ4n) is 2.17. The normalized spacial score (nSPS) is 15.6. The number of fused-ring (bicyclic) bond motifs is 1. The van der Waals surface area contributed by atoms with Crippen LogP contribution in [-0.4, -0.2) is 11.9 Å². The Labute approximate surface area is 97.0 Å². The van der Waals surface area contributed by atoms with Gasteiger partial charge in [0.25, 0.3) is 0 Å². The van der Waals surface area contributed by atoms with Gasteiger partial charge in [0, 0.05) is 6.04 Å². The Bertz CT molecular complexity index is 465. The van der Waals surface area contributed by atoms with Crippen LogP contribution in [0.3, 0.4) is 0 Å². The van der Waals surface area contributed by atoms with Crippen molar-refractivity contribution in [2.75, 3.05) is 4.90 Å². The molecule has 1 aliphatic heterocycles. The smallest absolute Gasteiger partial charge is 0.309 e. The van der Waals surface area contributed by atoms with Gasteiger partial charge >= 0.3 is 6.18 Å². The zero-order valence-corrected chi connectivity index (χ0v) is 9.51. The van der Waals surface area contributed by atoms with E-state index in [1.165, 1.54) is 11.0 Å². The number of alkyl halides is 3. The van der Waals surface area contributed by atoms with E-state index in [1.807, 2.05) is 0 Å². The highest BCUT2D eigenvalue weighted by Crippen LogP contribution is 2.42. The molecule has 0 aromatic heterocycles. The summed E-state index contributed by atoms with van der Waals surface area (Å²) < 4.78 is 38.6. The maximum Gasteiger partial charge on any atom is 0.418 e. The summed E-state index contributed by atoms with van der Waals surface area (Å²) in [5, 5.41) is 0. The maximum atomic E-state index is 12.9. The molecule has 0 saturated carbocycles. The summed E-state index contributed by atoms with van der Waals surface area (Å²) >= 11 is 0. The van der Waals surface area contributed by atoms with Gasteiger partial charge in [0.1, 0.15) is 0 Å². The first-order valence-corrected chi connectivity index (χ1v) is 5.33. The Morgan fingerprint density at radius 3 is 2.47 bits per heavy atom. The molecule has 0 N–H and O–H groups in total. The predicted octanol–water partition coefficient (Wildman–Crippen LogP) is 3.00. The second-order valence-electron chi connectivity index (χ2n) is 4.35.